The number of nitrogens with one attached hydrogen (secondary N) is 1. The van der Waals surface area contributed by atoms with E-state index in [9.17, 15) is 8.42 Å². The third-order valence-electron chi connectivity index (χ3n) is 3.20. The summed E-state index contributed by atoms with van der Waals surface area (Å²) in [6.07, 6.45) is 3.44. The van der Waals surface area contributed by atoms with E-state index in [0.717, 1.165) is 30.8 Å². The van der Waals surface area contributed by atoms with Gasteiger partial charge in [0.25, 0.3) is 10.0 Å². The molecule has 0 aliphatic carbocycles. The normalized spacial score (nSPS) is 19.6. The Labute approximate surface area is 131 Å². The molecule has 0 radical (unpaired) electrons. The third kappa shape index (κ3) is 3.23. The Morgan fingerprint density at radius 1 is 1.43 bits per heavy atom. The summed E-state index contributed by atoms with van der Waals surface area (Å²) in [6.45, 7) is 1.29. The molecular formula is C12H14ClN3O3S2. The first kappa shape index (κ1) is 14.8. The first-order valence-electron chi connectivity index (χ1n) is 6.46. The van der Waals surface area contributed by atoms with E-state index in [1.807, 2.05) is 0 Å². The Balaban J connectivity index is 1.83. The highest BCUT2D eigenvalue weighted by Crippen LogP contribution is 2.28. The van der Waals surface area contributed by atoms with Crippen molar-refractivity contribution in [2.24, 2.45) is 0 Å². The minimum absolute atomic E-state index is 0.0540. The van der Waals surface area contributed by atoms with Crippen LogP contribution >= 0.6 is 22.9 Å². The molecule has 1 atom stereocenters. The van der Waals surface area contributed by atoms with Crippen LogP contribution in [0.25, 0.3) is 0 Å². The van der Waals surface area contributed by atoms with Gasteiger partial charge in [-0.05, 0) is 25.0 Å². The van der Waals surface area contributed by atoms with Crippen LogP contribution in [0.3, 0.4) is 0 Å². The van der Waals surface area contributed by atoms with Crippen molar-refractivity contribution < 1.29 is 13.2 Å². The van der Waals surface area contributed by atoms with Crippen LogP contribution in [0.4, 0.5) is 5.82 Å². The Morgan fingerprint density at radius 2 is 2.29 bits per heavy atom. The molecule has 0 amide bonds. The van der Waals surface area contributed by atoms with Crippen LogP contribution in [0.1, 0.15) is 18.9 Å². The number of nitrogens with zero attached hydrogens (tertiary/aromatic N) is 2. The molecule has 0 spiro atoms. The molecule has 1 fully saturated rings. The van der Waals surface area contributed by atoms with E-state index in [-0.39, 0.29) is 10.3 Å². The predicted molar refractivity (Wildman–Crippen MR) is 81.5 cm³/mol. The molecule has 0 saturated carbocycles. The molecule has 0 bridgehead atoms. The van der Waals surface area contributed by atoms with E-state index in [1.54, 1.807) is 23.0 Å². The van der Waals surface area contributed by atoms with Gasteiger partial charge in [-0.1, -0.05) is 11.6 Å². The maximum absolute atomic E-state index is 12.3. The summed E-state index contributed by atoms with van der Waals surface area (Å²) >= 11 is 6.81. The lowest BCUT2D eigenvalue weighted by Crippen LogP contribution is -2.24. The second kappa shape index (κ2) is 5.96. The molecule has 2 aromatic rings. The van der Waals surface area contributed by atoms with Crippen molar-refractivity contribution in [1.82, 2.24) is 9.78 Å². The van der Waals surface area contributed by atoms with Crippen molar-refractivity contribution in [3.63, 3.8) is 0 Å². The van der Waals surface area contributed by atoms with Crippen molar-refractivity contribution in [3.05, 3.63) is 28.7 Å². The number of ether oxygens (including phenoxy) is 1. The Morgan fingerprint density at radius 3 is 2.95 bits per heavy atom. The first-order chi connectivity index (χ1) is 10.1. The molecule has 9 heteroatoms. The number of hydrogen-bond donors (Lipinski definition) is 1. The Kier molecular flexibility index (Phi) is 4.21. The average molecular weight is 348 g/mol. The molecule has 0 aromatic carbocycles. The molecule has 1 N–H and O–H groups in total. The number of thiophene rings is 1. The zero-order valence-corrected chi connectivity index (χ0v) is 13.4. The van der Waals surface area contributed by atoms with Gasteiger partial charge in [0, 0.05) is 12.7 Å². The van der Waals surface area contributed by atoms with E-state index in [0.29, 0.717) is 16.8 Å². The molecule has 1 aliphatic heterocycles. The Bertz CT molecular complexity index is 720. The zero-order valence-electron chi connectivity index (χ0n) is 11.0. The van der Waals surface area contributed by atoms with Crippen LogP contribution in [0.5, 0.6) is 0 Å². The molecule has 2 aromatic heterocycles. The smallest absolute Gasteiger partial charge is 0.272 e. The molecule has 21 heavy (non-hydrogen) atoms. The van der Waals surface area contributed by atoms with E-state index in [4.69, 9.17) is 16.3 Å². The summed E-state index contributed by atoms with van der Waals surface area (Å²) in [5, 5.41) is 4.21. The summed E-state index contributed by atoms with van der Waals surface area (Å²) in [7, 11) is -3.64. The van der Waals surface area contributed by atoms with E-state index < -0.39 is 10.0 Å². The number of rotatable bonds is 4. The number of anilines is 1. The first-order valence-corrected chi connectivity index (χ1v) is 9.13. The van der Waals surface area contributed by atoms with E-state index in [1.165, 1.54) is 6.07 Å². The highest BCUT2D eigenvalue weighted by Gasteiger charge is 2.23. The SMILES string of the molecule is O=S(=O)(Nc1ccnn1C1CCCOC1)c1ccc(Cl)s1. The predicted octanol–water partition coefficient (Wildman–Crippen LogP) is 2.75. The van der Waals surface area contributed by atoms with Gasteiger partial charge in [0.05, 0.1) is 23.2 Å². The van der Waals surface area contributed by atoms with Crippen LogP contribution in [-0.2, 0) is 14.8 Å². The van der Waals surface area contributed by atoms with Crippen molar-refractivity contribution in [2.75, 3.05) is 17.9 Å². The number of halogens is 1. The molecule has 6 nitrogen and oxygen atoms in total. The lowest BCUT2D eigenvalue weighted by molar-refractivity contribution is 0.0557. The molecule has 1 aliphatic rings. The van der Waals surface area contributed by atoms with Gasteiger partial charge in [0.15, 0.2) is 0 Å². The standard InChI is InChI=1S/C12H14ClN3O3S2/c13-10-3-4-12(20-10)21(17,18)15-11-5-6-14-16(11)9-2-1-7-19-8-9/h3-6,9,15H,1-2,7-8H2. The van der Waals surface area contributed by atoms with Crippen LogP contribution in [0.2, 0.25) is 4.34 Å². The van der Waals surface area contributed by atoms with Crippen LogP contribution in [0.15, 0.2) is 28.6 Å². The average Bonchev–Trinajstić information content (AvgIpc) is 3.09. The summed E-state index contributed by atoms with van der Waals surface area (Å²) in [5.41, 5.74) is 0. The van der Waals surface area contributed by atoms with Crippen LogP contribution in [-0.4, -0.2) is 31.4 Å². The third-order valence-corrected chi connectivity index (χ3v) is 6.28. The highest BCUT2D eigenvalue weighted by molar-refractivity contribution is 7.94. The fraction of sp³-hybridized carbons (Fsp3) is 0.417. The van der Waals surface area contributed by atoms with Gasteiger partial charge < -0.3 is 4.74 Å². The van der Waals surface area contributed by atoms with Crippen LogP contribution < -0.4 is 4.72 Å². The minimum Gasteiger partial charge on any atom is -0.379 e. The van der Waals surface area contributed by atoms with E-state index in [2.05, 4.69) is 9.82 Å². The van der Waals surface area contributed by atoms with Crippen molar-refractivity contribution >= 4 is 38.8 Å². The van der Waals surface area contributed by atoms with Gasteiger partial charge in [-0.3, -0.25) is 4.72 Å². The monoisotopic (exact) mass is 347 g/mol. The van der Waals surface area contributed by atoms with Gasteiger partial charge in [0.2, 0.25) is 0 Å². The Hall–Kier alpha value is -1.09. The number of aromatic nitrogens is 2. The largest absolute Gasteiger partial charge is 0.379 e. The number of sulfonamides is 1. The fourth-order valence-corrected chi connectivity index (χ4v) is 4.76. The summed E-state index contributed by atoms with van der Waals surface area (Å²) in [6, 6.07) is 4.74. The van der Waals surface area contributed by atoms with Crippen LogP contribution in [0, 0.1) is 0 Å². The molecule has 1 saturated heterocycles. The van der Waals surface area contributed by atoms with Gasteiger partial charge in [-0.2, -0.15) is 5.10 Å². The fourth-order valence-electron chi connectivity index (χ4n) is 2.23. The lowest BCUT2D eigenvalue weighted by Gasteiger charge is -2.24. The zero-order chi connectivity index (χ0) is 14.9. The maximum Gasteiger partial charge on any atom is 0.272 e. The highest BCUT2D eigenvalue weighted by atomic mass is 35.5. The molecule has 114 valence electrons. The summed E-state index contributed by atoms with van der Waals surface area (Å²) < 4.78 is 34.9. The second-order valence-electron chi connectivity index (χ2n) is 4.70. The molecule has 3 heterocycles. The van der Waals surface area contributed by atoms with Gasteiger partial charge in [-0.15, -0.1) is 11.3 Å². The topological polar surface area (TPSA) is 73.2 Å². The van der Waals surface area contributed by atoms with Crippen molar-refractivity contribution in [1.29, 1.82) is 0 Å². The molecule has 3 rings (SSSR count). The quantitative estimate of drug-likeness (QED) is 0.922. The van der Waals surface area contributed by atoms with E-state index >= 15 is 0 Å². The number of hydrogen-bond acceptors (Lipinski definition) is 5. The van der Waals surface area contributed by atoms with Gasteiger partial charge >= 0.3 is 0 Å². The minimum atomic E-state index is -3.64. The second-order valence-corrected chi connectivity index (χ2v) is 8.32. The van der Waals surface area contributed by atoms with Gasteiger partial charge in [0.1, 0.15) is 10.0 Å². The van der Waals surface area contributed by atoms with Crippen molar-refractivity contribution in [3.8, 4) is 0 Å². The van der Waals surface area contributed by atoms with Gasteiger partial charge in [-0.25, -0.2) is 13.1 Å². The molecular weight excluding hydrogens is 334 g/mol. The summed E-state index contributed by atoms with van der Waals surface area (Å²) in [5.74, 6) is 0.440. The van der Waals surface area contributed by atoms with Crippen molar-refractivity contribution in [2.45, 2.75) is 23.1 Å². The summed E-state index contributed by atoms with van der Waals surface area (Å²) in [4.78, 5) is 0. The maximum atomic E-state index is 12.3. The molecule has 1 unspecified atom stereocenters. The lowest BCUT2D eigenvalue weighted by atomic mass is 10.1.